The topological polar surface area (TPSA) is 105 Å². The molecule has 184 valence electrons. The Morgan fingerprint density at radius 3 is 2.26 bits per heavy atom. The van der Waals surface area contributed by atoms with E-state index in [2.05, 4.69) is 10.6 Å². The van der Waals surface area contributed by atoms with Crippen molar-refractivity contribution in [3.63, 3.8) is 0 Å². The first-order valence-electron chi connectivity index (χ1n) is 12.3. The van der Waals surface area contributed by atoms with E-state index >= 15 is 0 Å². The Labute approximate surface area is 205 Å². The molecule has 0 bridgehead atoms. The predicted molar refractivity (Wildman–Crippen MR) is 130 cm³/mol. The number of carbonyl (C=O) groups is 4. The van der Waals surface area contributed by atoms with Gasteiger partial charge >= 0.3 is 0 Å². The molecule has 8 heteroatoms. The molecular weight excluding hydrogens is 446 g/mol. The van der Waals surface area contributed by atoms with Crippen LogP contribution in [0.3, 0.4) is 0 Å². The molecule has 35 heavy (non-hydrogen) atoms. The van der Waals surface area contributed by atoms with Crippen LogP contribution in [0.1, 0.15) is 75.7 Å². The Kier molecular flexibility index (Phi) is 7.80. The number of amides is 4. The molecular formula is C27H31N3O5. The number of nitrogens with one attached hydrogen (secondary N) is 2. The second kappa shape index (κ2) is 11.2. The fraction of sp³-hybridized carbons (Fsp3) is 0.407. The second-order valence-corrected chi connectivity index (χ2v) is 8.89. The van der Waals surface area contributed by atoms with E-state index in [1.54, 1.807) is 42.5 Å². The highest BCUT2D eigenvalue weighted by atomic mass is 16.5. The molecule has 0 saturated heterocycles. The molecule has 0 unspecified atom stereocenters. The van der Waals surface area contributed by atoms with Crippen molar-refractivity contribution < 1.29 is 23.9 Å². The van der Waals surface area contributed by atoms with Crippen molar-refractivity contribution >= 4 is 23.6 Å². The van der Waals surface area contributed by atoms with Gasteiger partial charge in [0.1, 0.15) is 5.75 Å². The number of fused-ring (bicyclic) bond motifs is 1. The summed E-state index contributed by atoms with van der Waals surface area (Å²) >= 11 is 0. The van der Waals surface area contributed by atoms with Gasteiger partial charge in [0, 0.05) is 19.0 Å². The Morgan fingerprint density at radius 2 is 1.60 bits per heavy atom. The van der Waals surface area contributed by atoms with Crippen molar-refractivity contribution in [2.24, 2.45) is 5.92 Å². The van der Waals surface area contributed by atoms with Crippen LogP contribution in [-0.2, 0) is 11.3 Å². The monoisotopic (exact) mass is 477 g/mol. The number of hydrogen-bond acceptors (Lipinski definition) is 5. The van der Waals surface area contributed by atoms with Crippen LogP contribution in [0.5, 0.6) is 5.75 Å². The van der Waals surface area contributed by atoms with Crippen molar-refractivity contribution in [2.45, 2.75) is 45.6 Å². The molecule has 1 saturated carbocycles. The summed E-state index contributed by atoms with van der Waals surface area (Å²) in [4.78, 5) is 51.8. The fourth-order valence-electron chi connectivity index (χ4n) is 4.67. The second-order valence-electron chi connectivity index (χ2n) is 8.89. The van der Waals surface area contributed by atoms with E-state index in [-0.39, 0.29) is 42.6 Å². The highest BCUT2D eigenvalue weighted by Gasteiger charge is 2.35. The molecule has 1 aliphatic carbocycles. The van der Waals surface area contributed by atoms with Gasteiger partial charge in [-0.25, -0.2) is 0 Å². The molecule has 1 fully saturated rings. The number of imide groups is 1. The van der Waals surface area contributed by atoms with Gasteiger partial charge in [-0.05, 0) is 49.6 Å². The van der Waals surface area contributed by atoms with Crippen LogP contribution in [-0.4, -0.2) is 48.2 Å². The summed E-state index contributed by atoms with van der Waals surface area (Å²) in [5.41, 5.74) is 1.73. The van der Waals surface area contributed by atoms with Crippen LogP contribution in [0.25, 0.3) is 0 Å². The number of nitrogens with zero attached hydrogens (tertiary/aromatic N) is 1. The SMILES string of the molecule is CCOc1ccc(CN2C(=O)c3ccccc3C2=O)cc1C(=O)NCCNC(=O)C1CCCCC1. The standard InChI is InChI=1S/C27H31N3O5/c1-2-35-23-13-12-18(17-30-26(33)20-10-6-7-11-21(20)27(30)34)16-22(23)25(32)29-15-14-28-24(31)19-8-4-3-5-9-19/h6-7,10-13,16,19H,2-5,8-9,14-15,17H2,1H3,(H,28,31)(H,29,32). The first-order valence-corrected chi connectivity index (χ1v) is 12.3. The molecule has 0 spiro atoms. The largest absolute Gasteiger partial charge is 0.493 e. The normalized spacial score (nSPS) is 15.6. The van der Waals surface area contributed by atoms with E-state index in [0.717, 1.165) is 25.7 Å². The molecule has 2 aromatic carbocycles. The van der Waals surface area contributed by atoms with E-state index in [4.69, 9.17) is 4.74 Å². The molecule has 4 rings (SSSR count). The average Bonchev–Trinajstić information content (AvgIpc) is 3.12. The third-order valence-corrected chi connectivity index (χ3v) is 6.49. The van der Waals surface area contributed by atoms with Crippen LogP contribution in [0.15, 0.2) is 42.5 Å². The van der Waals surface area contributed by atoms with Crippen LogP contribution in [0.4, 0.5) is 0 Å². The molecule has 4 amide bonds. The zero-order valence-electron chi connectivity index (χ0n) is 20.0. The molecule has 2 aromatic rings. The number of benzene rings is 2. The van der Waals surface area contributed by atoms with Gasteiger partial charge < -0.3 is 15.4 Å². The number of hydrogen-bond donors (Lipinski definition) is 2. The zero-order chi connectivity index (χ0) is 24.8. The first-order chi connectivity index (χ1) is 17.0. The summed E-state index contributed by atoms with van der Waals surface area (Å²) in [5.74, 6) is -0.495. The van der Waals surface area contributed by atoms with E-state index in [1.165, 1.54) is 11.3 Å². The number of carbonyl (C=O) groups excluding carboxylic acids is 4. The first kappa shape index (κ1) is 24.4. The number of rotatable bonds is 9. The minimum absolute atomic E-state index is 0.0521. The van der Waals surface area contributed by atoms with Crippen LogP contribution < -0.4 is 15.4 Å². The third kappa shape index (κ3) is 5.53. The lowest BCUT2D eigenvalue weighted by molar-refractivity contribution is -0.125. The molecule has 1 aliphatic heterocycles. The summed E-state index contributed by atoms with van der Waals surface area (Å²) in [7, 11) is 0. The van der Waals surface area contributed by atoms with Gasteiger partial charge in [-0.3, -0.25) is 24.1 Å². The third-order valence-electron chi connectivity index (χ3n) is 6.49. The molecule has 0 atom stereocenters. The van der Waals surface area contributed by atoms with Crippen LogP contribution in [0, 0.1) is 5.92 Å². The van der Waals surface area contributed by atoms with Gasteiger partial charge in [-0.1, -0.05) is 37.5 Å². The zero-order valence-corrected chi connectivity index (χ0v) is 20.0. The smallest absolute Gasteiger partial charge is 0.261 e. The fourth-order valence-corrected chi connectivity index (χ4v) is 4.67. The summed E-state index contributed by atoms with van der Waals surface area (Å²) < 4.78 is 5.62. The highest BCUT2D eigenvalue weighted by Crippen LogP contribution is 2.27. The van der Waals surface area contributed by atoms with Gasteiger partial charge in [-0.15, -0.1) is 0 Å². The Balaban J connectivity index is 1.38. The maximum Gasteiger partial charge on any atom is 0.261 e. The Bertz CT molecular complexity index is 1090. The summed E-state index contributed by atoms with van der Waals surface area (Å²) in [6, 6.07) is 11.8. The van der Waals surface area contributed by atoms with Crippen molar-refractivity contribution in [1.29, 1.82) is 0 Å². The van der Waals surface area contributed by atoms with Crippen molar-refractivity contribution in [2.75, 3.05) is 19.7 Å². The Morgan fingerprint density at radius 1 is 0.943 bits per heavy atom. The van der Waals surface area contributed by atoms with Crippen LogP contribution in [0.2, 0.25) is 0 Å². The molecule has 8 nitrogen and oxygen atoms in total. The van der Waals surface area contributed by atoms with Crippen molar-refractivity contribution in [3.8, 4) is 5.75 Å². The molecule has 0 aromatic heterocycles. The van der Waals surface area contributed by atoms with E-state index in [9.17, 15) is 19.2 Å². The quantitative estimate of drug-likeness (QED) is 0.426. The molecule has 2 N–H and O–H groups in total. The lowest BCUT2D eigenvalue weighted by Crippen LogP contribution is -2.38. The van der Waals surface area contributed by atoms with Gasteiger partial charge in [0.25, 0.3) is 17.7 Å². The van der Waals surface area contributed by atoms with Gasteiger partial charge in [0.15, 0.2) is 0 Å². The predicted octanol–water partition coefficient (Wildman–Crippen LogP) is 3.31. The van der Waals surface area contributed by atoms with Gasteiger partial charge in [0.2, 0.25) is 5.91 Å². The molecule has 1 heterocycles. The summed E-state index contributed by atoms with van der Waals surface area (Å²) in [6.45, 7) is 2.90. The maximum absolute atomic E-state index is 12.9. The van der Waals surface area contributed by atoms with Crippen molar-refractivity contribution in [1.82, 2.24) is 15.5 Å². The lowest BCUT2D eigenvalue weighted by Gasteiger charge is -2.20. The maximum atomic E-state index is 12.9. The highest BCUT2D eigenvalue weighted by molar-refractivity contribution is 6.21. The van der Waals surface area contributed by atoms with Crippen molar-refractivity contribution in [3.05, 3.63) is 64.7 Å². The average molecular weight is 478 g/mol. The van der Waals surface area contributed by atoms with Gasteiger partial charge in [0.05, 0.1) is 29.8 Å². The van der Waals surface area contributed by atoms with Gasteiger partial charge in [-0.2, -0.15) is 0 Å². The minimum atomic E-state index is -0.348. The van der Waals surface area contributed by atoms with E-state index in [0.29, 0.717) is 41.2 Å². The van der Waals surface area contributed by atoms with E-state index in [1.807, 2.05) is 6.92 Å². The molecule has 0 radical (unpaired) electrons. The summed E-state index contributed by atoms with van der Waals surface area (Å²) in [6.07, 6.45) is 5.22. The van der Waals surface area contributed by atoms with E-state index < -0.39 is 0 Å². The minimum Gasteiger partial charge on any atom is -0.493 e. The molecule has 2 aliphatic rings. The van der Waals surface area contributed by atoms with Crippen LogP contribution >= 0.6 is 0 Å². The Hall–Kier alpha value is -3.68. The summed E-state index contributed by atoms with van der Waals surface area (Å²) in [5, 5.41) is 5.74. The number of ether oxygens (including phenoxy) is 1. The lowest BCUT2D eigenvalue weighted by atomic mass is 9.89.